The lowest BCUT2D eigenvalue weighted by Crippen LogP contribution is -2.68. The van der Waals surface area contributed by atoms with Gasteiger partial charge < -0.3 is 20.1 Å². The van der Waals surface area contributed by atoms with E-state index in [0.717, 1.165) is 17.5 Å². The third kappa shape index (κ3) is 3.73. The van der Waals surface area contributed by atoms with Crippen molar-refractivity contribution in [2.75, 3.05) is 13.2 Å². The summed E-state index contributed by atoms with van der Waals surface area (Å²) in [4.78, 5) is 39.0. The summed E-state index contributed by atoms with van der Waals surface area (Å²) >= 11 is 0. The zero-order valence-corrected chi connectivity index (χ0v) is 19.5. The Bertz CT molecular complexity index is 1100. The van der Waals surface area contributed by atoms with Crippen molar-refractivity contribution in [1.82, 2.24) is 10.2 Å². The summed E-state index contributed by atoms with van der Waals surface area (Å²) in [6, 6.07) is 15.2. The second kappa shape index (κ2) is 8.46. The van der Waals surface area contributed by atoms with Gasteiger partial charge in [0, 0.05) is 23.9 Å². The van der Waals surface area contributed by atoms with Crippen molar-refractivity contribution in [3.05, 3.63) is 59.7 Å². The predicted molar refractivity (Wildman–Crippen MR) is 126 cm³/mol. The summed E-state index contributed by atoms with van der Waals surface area (Å²) in [5, 5.41) is 12.5. The van der Waals surface area contributed by atoms with Gasteiger partial charge in [-0.05, 0) is 35.1 Å². The molecule has 2 fully saturated rings. The number of hydrogen-bond acceptors (Lipinski definition) is 4. The van der Waals surface area contributed by atoms with Crippen LogP contribution in [0.15, 0.2) is 48.5 Å². The Morgan fingerprint density at radius 2 is 1.65 bits per heavy atom. The van der Waals surface area contributed by atoms with Crippen molar-refractivity contribution >= 4 is 18.0 Å². The number of benzene rings is 2. The van der Waals surface area contributed by atoms with Crippen LogP contribution in [0.4, 0.5) is 4.79 Å². The summed E-state index contributed by atoms with van der Waals surface area (Å²) in [6.45, 7) is 4.34. The zero-order valence-electron chi connectivity index (χ0n) is 19.5. The molecule has 1 heterocycles. The number of rotatable bonds is 5. The number of ether oxygens (including phenoxy) is 1. The van der Waals surface area contributed by atoms with E-state index in [1.165, 1.54) is 16.0 Å². The van der Waals surface area contributed by atoms with Crippen LogP contribution in [-0.4, -0.2) is 53.2 Å². The number of aliphatic carboxylic acids is 1. The molecule has 7 nitrogen and oxygen atoms in total. The zero-order chi connectivity index (χ0) is 24.0. The first-order valence-corrected chi connectivity index (χ1v) is 11.9. The predicted octanol–water partition coefficient (Wildman–Crippen LogP) is 4.02. The van der Waals surface area contributed by atoms with E-state index in [-0.39, 0.29) is 24.5 Å². The summed E-state index contributed by atoms with van der Waals surface area (Å²) in [6.07, 6.45) is 1.58. The Balaban J connectivity index is 1.22. The number of hydrogen-bond donors (Lipinski definition) is 2. The van der Waals surface area contributed by atoms with Gasteiger partial charge in [0.25, 0.3) is 0 Å². The monoisotopic (exact) mass is 462 g/mol. The number of amides is 2. The van der Waals surface area contributed by atoms with Crippen LogP contribution in [0.2, 0.25) is 0 Å². The molecule has 3 aliphatic rings. The lowest BCUT2D eigenvalue weighted by Gasteiger charge is -2.52. The minimum Gasteiger partial charge on any atom is -0.480 e. The minimum absolute atomic E-state index is 0.0289. The van der Waals surface area contributed by atoms with Crippen molar-refractivity contribution in [2.45, 2.75) is 51.1 Å². The number of nitrogens with zero attached hydrogens (tertiary/aromatic N) is 1. The molecule has 1 aliphatic heterocycles. The highest BCUT2D eigenvalue weighted by molar-refractivity contribution is 5.88. The van der Waals surface area contributed by atoms with Crippen molar-refractivity contribution in [3.8, 4) is 11.1 Å². The molecule has 1 saturated heterocycles. The van der Waals surface area contributed by atoms with Gasteiger partial charge in [0.15, 0.2) is 0 Å². The lowest BCUT2D eigenvalue weighted by atomic mass is 9.74. The lowest BCUT2D eigenvalue weighted by molar-refractivity contribution is -0.174. The number of carboxylic acid groups (broad SMARTS) is 1. The van der Waals surface area contributed by atoms with E-state index >= 15 is 0 Å². The number of carbonyl (C=O) groups is 3. The molecular formula is C27H30N2O5. The quantitative estimate of drug-likeness (QED) is 0.700. The Hall–Kier alpha value is -3.35. The van der Waals surface area contributed by atoms with Gasteiger partial charge in [-0.15, -0.1) is 0 Å². The second-order valence-corrected chi connectivity index (χ2v) is 10.3. The molecule has 3 atom stereocenters. The van der Waals surface area contributed by atoms with E-state index in [0.29, 0.717) is 19.4 Å². The van der Waals surface area contributed by atoms with E-state index in [4.69, 9.17) is 4.74 Å². The fraction of sp³-hybridized carbons (Fsp3) is 0.444. The maximum Gasteiger partial charge on any atom is 0.407 e. The summed E-state index contributed by atoms with van der Waals surface area (Å²) < 4.78 is 5.65. The Morgan fingerprint density at radius 3 is 2.24 bits per heavy atom. The summed E-state index contributed by atoms with van der Waals surface area (Å²) in [5.74, 6) is -1.62. The van der Waals surface area contributed by atoms with Crippen LogP contribution in [0, 0.1) is 11.3 Å². The average molecular weight is 463 g/mol. The van der Waals surface area contributed by atoms with Gasteiger partial charge in [-0.1, -0.05) is 68.8 Å². The van der Waals surface area contributed by atoms with Crippen molar-refractivity contribution in [3.63, 3.8) is 0 Å². The topological polar surface area (TPSA) is 95.9 Å². The van der Waals surface area contributed by atoms with Gasteiger partial charge in [0.2, 0.25) is 5.91 Å². The van der Waals surface area contributed by atoms with Gasteiger partial charge in [0.1, 0.15) is 12.6 Å². The molecule has 2 aromatic rings. The van der Waals surface area contributed by atoms with E-state index in [9.17, 15) is 19.5 Å². The molecule has 0 spiro atoms. The smallest absolute Gasteiger partial charge is 0.407 e. The standard InChI is InChI=1S/C27H30N2O5/c1-27(2)15-29(23(27)25(31)32)24(30)20-12-7-13-22(20)28-26(33)34-14-21-18-10-5-3-8-16(18)17-9-4-6-11-19(17)21/h3-6,8-11,20-23H,7,12-15H2,1-2H3,(H,28,33)(H,31,32)/t20-,22+,23?/m0/s1. The fourth-order valence-electron chi connectivity index (χ4n) is 6.03. The van der Waals surface area contributed by atoms with Crippen molar-refractivity contribution in [1.29, 1.82) is 0 Å². The molecule has 1 saturated carbocycles. The third-order valence-corrected chi connectivity index (χ3v) is 7.63. The SMILES string of the molecule is CC1(C)CN(C(=O)[C@H]2CCC[C@H]2NC(=O)OCC2c3ccccc3-c3ccccc32)C1C(=O)O. The first kappa shape index (κ1) is 22.4. The molecule has 0 bridgehead atoms. The van der Waals surface area contributed by atoms with Crippen LogP contribution in [0.5, 0.6) is 0 Å². The van der Waals surface area contributed by atoms with Crippen molar-refractivity contribution < 1.29 is 24.2 Å². The van der Waals surface area contributed by atoms with Gasteiger partial charge >= 0.3 is 12.1 Å². The maximum atomic E-state index is 13.1. The molecule has 34 heavy (non-hydrogen) atoms. The van der Waals surface area contributed by atoms with E-state index in [1.807, 2.05) is 38.1 Å². The molecule has 0 aromatic heterocycles. The Kier molecular flexibility index (Phi) is 5.58. The molecule has 7 heteroatoms. The van der Waals surface area contributed by atoms with Crippen LogP contribution < -0.4 is 5.32 Å². The second-order valence-electron chi connectivity index (χ2n) is 10.3. The largest absolute Gasteiger partial charge is 0.480 e. The number of carbonyl (C=O) groups excluding carboxylic acids is 2. The average Bonchev–Trinajstić information content (AvgIpc) is 3.38. The Labute approximate surface area is 199 Å². The molecule has 2 amide bonds. The van der Waals surface area contributed by atoms with Crippen LogP contribution >= 0.6 is 0 Å². The van der Waals surface area contributed by atoms with Crippen LogP contribution in [0.1, 0.15) is 50.2 Å². The van der Waals surface area contributed by atoms with Crippen LogP contribution in [-0.2, 0) is 14.3 Å². The van der Waals surface area contributed by atoms with E-state index < -0.39 is 29.4 Å². The van der Waals surface area contributed by atoms with E-state index in [1.54, 1.807) is 0 Å². The first-order chi connectivity index (χ1) is 16.3. The number of alkyl carbamates (subject to hydrolysis) is 1. The minimum atomic E-state index is -0.983. The van der Waals surface area contributed by atoms with Crippen molar-refractivity contribution in [2.24, 2.45) is 11.3 Å². The van der Waals surface area contributed by atoms with Crippen LogP contribution in [0.25, 0.3) is 11.1 Å². The Morgan fingerprint density at radius 1 is 1.03 bits per heavy atom. The van der Waals surface area contributed by atoms with Crippen LogP contribution in [0.3, 0.4) is 0 Å². The number of nitrogens with one attached hydrogen (secondary N) is 1. The molecule has 2 aliphatic carbocycles. The highest BCUT2D eigenvalue weighted by Crippen LogP contribution is 2.44. The molecular weight excluding hydrogens is 432 g/mol. The normalized spacial score (nSPS) is 24.6. The molecule has 178 valence electrons. The summed E-state index contributed by atoms with van der Waals surface area (Å²) in [7, 11) is 0. The number of likely N-dealkylation sites (tertiary alicyclic amines) is 1. The van der Waals surface area contributed by atoms with Gasteiger partial charge in [-0.25, -0.2) is 9.59 Å². The third-order valence-electron chi connectivity index (χ3n) is 7.63. The molecule has 2 N–H and O–H groups in total. The summed E-state index contributed by atoms with van der Waals surface area (Å²) in [5.41, 5.74) is 4.17. The maximum absolute atomic E-state index is 13.1. The number of carboxylic acids is 1. The highest BCUT2D eigenvalue weighted by Gasteiger charge is 2.54. The number of fused-ring (bicyclic) bond motifs is 3. The van der Waals surface area contributed by atoms with E-state index in [2.05, 4.69) is 29.6 Å². The molecule has 5 rings (SSSR count). The fourth-order valence-corrected chi connectivity index (χ4v) is 6.03. The van der Waals surface area contributed by atoms with Gasteiger partial charge in [-0.3, -0.25) is 4.79 Å². The van der Waals surface area contributed by atoms with Gasteiger partial charge in [-0.2, -0.15) is 0 Å². The molecule has 1 unspecified atom stereocenters. The highest BCUT2D eigenvalue weighted by atomic mass is 16.5. The molecule has 0 radical (unpaired) electrons. The first-order valence-electron chi connectivity index (χ1n) is 11.9. The van der Waals surface area contributed by atoms with Gasteiger partial charge in [0.05, 0.1) is 5.92 Å². The molecule has 2 aromatic carbocycles.